The molecule has 1 aromatic rings. The average molecular weight is 354 g/mol. The number of nitrogens with two attached hydrogens (primary N) is 1. The molecule has 1 atom stereocenters. The first kappa shape index (κ1) is 15.8. The predicted octanol–water partition coefficient (Wildman–Crippen LogP) is 2.95. The van der Waals surface area contributed by atoms with Gasteiger partial charge >= 0.3 is 0 Å². The van der Waals surface area contributed by atoms with E-state index in [1.807, 2.05) is 17.0 Å². The van der Waals surface area contributed by atoms with Gasteiger partial charge in [-0.1, -0.05) is 17.7 Å². The van der Waals surface area contributed by atoms with Crippen LogP contribution in [0.15, 0.2) is 22.7 Å². The summed E-state index contributed by atoms with van der Waals surface area (Å²) in [6.45, 7) is 2.14. The number of likely N-dealkylation sites (tertiary alicyclic amines) is 1. The molecule has 1 aliphatic rings. The maximum absolute atomic E-state index is 12.3. The first-order valence-electron chi connectivity index (χ1n) is 5.57. The lowest BCUT2D eigenvalue weighted by Crippen LogP contribution is -2.30. The molecule has 1 heterocycles. The van der Waals surface area contributed by atoms with E-state index in [0.717, 1.165) is 24.0 Å². The third-order valence-electron chi connectivity index (χ3n) is 3.09. The van der Waals surface area contributed by atoms with E-state index in [9.17, 15) is 4.79 Å². The summed E-state index contributed by atoms with van der Waals surface area (Å²) >= 11 is 9.44. The van der Waals surface area contributed by atoms with Gasteiger partial charge in [-0.25, -0.2) is 0 Å². The highest BCUT2D eigenvalue weighted by atomic mass is 79.9. The molecule has 1 saturated heterocycles. The largest absolute Gasteiger partial charge is 0.338 e. The molecule has 0 spiro atoms. The van der Waals surface area contributed by atoms with E-state index in [2.05, 4.69) is 15.9 Å². The molecule has 1 unspecified atom stereocenters. The third kappa shape index (κ3) is 3.18. The Kier molecular flexibility index (Phi) is 5.92. The fraction of sp³-hybridized carbons (Fsp3) is 0.417. The molecule has 2 rings (SSSR count). The van der Waals surface area contributed by atoms with Gasteiger partial charge in [0.1, 0.15) is 0 Å². The molecule has 0 bridgehead atoms. The van der Waals surface area contributed by atoms with Crippen molar-refractivity contribution in [3.8, 4) is 0 Å². The van der Waals surface area contributed by atoms with Gasteiger partial charge in [-0.15, -0.1) is 12.4 Å². The summed E-state index contributed by atoms with van der Waals surface area (Å²) in [6.07, 6.45) is 0.980. The van der Waals surface area contributed by atoms with Crippen LogP contribution < -0.4 is 5.73 Å². The Morgan fingerprint density at radius 3 is 2.89 bits per heavy atom. The Morgan fingerprint density at radius 2 is 2.28 bits per heavy atom. The predicted molar refractivity (Wildman–Crippen MR) is 79.5 cm³/mol. The van der Waals surface area contributed by atoms with Gasteiger partial charge in [0.25, 0.3) is 5.91 Å². The van der Waals surface area contributed by atoms with Crippen molar-refractivity contribution in [2.75, 3.05) is 19.6 Å². The van der Waals surface area contributed by atoms with Gasteiger partial charge in [0, 0.05) is 17.6 Å². The highest BCUT2D eigenvalue weighted by molar-refractivity contribution is 9.10. The molecule has 1 aromatic carbocycles. The minimum atomic E-state index is -0.00718. The van der Waals surface area contributed by atoms with E-state index in [4.69, 9.17) is 17.3 Å². The molecule has 1 fully saturated rings. The molecule has 6 heteroatoms. The second-order valence-corrected chi connectivity index (χ2v) is 5.48. The average Bonchev–Trinajstić information content (AvgIpc) is 2.80. The van der Waals surface area contributed by atoms with Crippen molar-refractivity contribution < 1.29 is 4.79 Å². The summed E-state index contributed by atoms with van der Waals surface area (Å²) in [5.74, 6) is 0.414. The van der Waals surface area contributed by atoms with Crippen molar-refractivity contribution in [2.24, 2.45) is 11.7 Å². The van der Waals surface area contributed by atoms with Crippen LogP contribution in [-0.4, -0.2) is 30.4 Å². The molecule has 0 radical (unpaired) electrons. The maximum Gasteiger partial charge on any atom is 0.255 e. The molecule has 0 saturated carbocycles. The summed E-state index contributed by atoms with van der Waals surface area (Å²) in [6, 6.07) is 5.40. The first-order valence-corrected chi connectivity index (χ1v) is 6.74. The standard InChI is InChI=1S/C12H14BrClN2O.ClH/c13-10-3-1-2-9(11(10)14)12(17)16-5-4-8(6-15)7-16;/h1-3,8H,4-7,15H2;1H. The van der Waals surface area contributed by atoms with Crippen LogP contribution in [0.5, 0.6) is 0 Å². The number of hydrogen-bond acceptors (Lipinski definition) is 2. The van der Waals surface area contributed by atoms with Gasteiger partial charge in [0.15, 0.2) is 0 Å². The monoisotopic (exact) mass is 352 g/mol. The topological polar surface area (TPSA) is 46.3 Å². The Morgan fingerprint density at radius 1 is 1.56 bits per heavy atom. The molecule has 3 nitrogen and oxygen atoms in total. The number of hydrogen-bond donors (Lipinski definition) is 1. The Labute approximate surface area is 126 Å². The van der Waals surface area contributed by atoms with E-state index in [-0.39, 0.29) is 18.3 Å². The van der Waals surface area contributed by atoms with E-state index >= 15 is 0 Å². The molecule has 2 N–H and O–H groups in total. The number of carbonyl (C=O) groups excluding carboxylic acids is 1. The number of halogens is 3. The molecule has 0 aromatic heterocycles. The van der Waals surface area contributed by atoms with Crippen molar-refractivity contribution in [1.29, 1.82) is 0 Å². The van der Waals surface area contributed by atoms with Gasteiger partial charge in [-0.3, -0.25) is 4.79 Å². The van der Waals surface area contributed by atoms with Crippen molar-refractivity contribution >= 4 is 45.8 Å². The first-order chi connectivity index (χ1) is 8.13. The van der Waals surface area contributed by atoms with Crippen LogP contribution in [0.3, 0.4) is 0 Å². The quantitative estimate of drug-likeness (QED) is 0.888. The fourth-order valence-corrected chi connectivity index (χ4v) is 2.62. The van der Waals surface area contributed by atoms with Gasteiger partial charge in [-0.2, -0.15) is 0 Å². The summed E-state index contributed by atoms with van der Waals surface area (Å²) in [4.78, 5) is 14.1. The van der Waals surface area contributed by atoms with E-state index in [0.29, 0.717) is 23.0 Å². The Balaban J connectivity index is 0.00000162. The summed E-state index contributed by atoms with van der Waals surface area (Å²) in [7, 11) is 0. The molecule has 100 valence electrons. The van der Waals surface area contributed by atoms with Crippen LogP contribution in [0, 0.1) is 5.92 Å². The molecular weight excluding hydrogens is 339 g/mol. The number of nitrogens with zero attached hydrogens (tertiary/aromatic N) is 1. The lowest BCUT2D eigenvalue weighted by atomic mass is 10.1. The lowest BCUT2D eigenvalue weighted by Gasteiger charge is -2.17. The van der Waals surface area contributed by atoms with E-state index in [1.54, 1.807) is 6.07 Å². The number of amides is 1. The van der Waals surface area contributed by atoms with Crippen LogP contribution in [0.25, 0.3) is 0 Å². The molecule has 18 heavy (non-hydrogen) atoms. The number of benzene rings is 1. The third-order valence-corrected chi connectivity index (χ3v) is 4.38. The van der Waals surface area contributed by atoms with Gasteiger partial charge in [-0.05, 0) is 46.9 Å². The van der Waals surface area contributed by atoms with Crippen LogP contribution >= 0.6 is 39.9 Å². The Bertz CT molecular complexity index is 442. The fourth-order valence-electron chi connectivity index (χ4n) is 2.05. The molecular formula is C12H15BrCl2N2O. The second-order valence-electron chi connectivity index (χ2n) is 4.24. The number of carbonyl (C=O) groups is 1. The van der Waals surface area contributed by atoms with Crippen molar-refractivity contribution in [2.45, 2.75) is 6.42 Å². The highest BCUT2D eigenvalue weighted by Crippen LogP contribution is 2.28. The lowest BCUT2D eigenvalue weighted by molar-refractivity contribution is 0.0788. The minimum absolute atomic E-state index is 0. The second kappa shape index (κ2) is 6.75. The van der Waals surface area contributed by atoms with Crippen molar-refractivity contribution in [1.82, 2.24) is 4.90 Å². The zero-order chi connectivity index (χ0) is 12.4. The van der Waals surface area contributed by atoms with Gasteiger partial charge in [0.2, 0.25) is 0 Å². The normalized spacial score (nSPS) is 18.6. The van der Waals surface area contributed by atoms with Crippen molar-refractivity contribution in [3.63, 3.8) is 0 Å². The van der Waals surface area contributed by atoms with Crippen LogP contribution in [0.4, 0.5) is 0 Å². The van der Waals surface area contributed by atoms with Gasteiger partial charge in [0.05, 0.1) is 10.6 Å². The SMILES string of the molecule is Cl.NCC1CCN(C(=O)c2cccc(Br)c2Cl)C1. The summed E-state index contributed by atoms with van der Waals surface area (Å²) in [5.41, 5.74) is 6.17. The summed E-state index contributed by atoms with van der Waals surface area (Å²) in [5, 5.41) is 0.480. The zero-order valence-electron chi connectivity index (χ0n) is 9.73. The smallest absolute Gasteiger partial charge is 0.255 e. The van der Waals surface area contributed by atoms with Gasteiger partial charge < -0.3 is 10.6 Å². The maximum atomic E-state index is 12.3. The highest BCUT2D eigenvalue weighted by Gasteiger charge is 2.27. The van der Waals surface area contributed by atoms with Crippen molar-refractivity contribution in [3.05, 3.63) is 33.3 Å². The minimum Gasteiger partial charge on any atom is -0.338 e. The van der Waals surface area contributed by atoms with Crippen LogP contribution in [-0.2, 0) is 0 Å². The molecule has 0 aliphatic carbocycles. The number of rotatable bonds is 2. The molecule has 1 amide bonds. The van der Waals surface area contributed by atoms with Crippen LogP contribution in [0.1, 0.15) is 16.8 Å². The Hall–Kier alpha value is -0.290. The van der Waals surface area contributed by atoms with E-state index < -0.39 is 0 Å². The molecule has 1 aliphatic heterocycles. The zero-order valence-corrected chi connectivity index (χ0v) is 12.9. The van der Waals surface area contributed by atoms with E-state index in [1.165, 1.54) is 0 Å². The van der Waals surface area contributed by atoms with Crippen LogP contribution in [0.2, 0.25) is 5.02 Å². The summed E-state index contributed by atoms with van der Waals surface area (Å²) < 4.78 is 0.750.